The zero-order valence-corrected chi connectivity index (χ0v) is 35.6. The van der Waals surface area contributed by atoms with Crippen molar-refractivity contribution in [3.8, 4) is 11.1 Å². The predicted molar refractivity (Wildman–Crippen MR) is 264 cm³/mol. The van der Waals surface area contributed by atoms with Crippen molar-refractivity contribution >= 4 is 94.4 Å². The second-order valence-electron chi connectivity index (χ2n) is 17.2. The second kappa shape index (κ2) is 14.3. The molecule has 0 aliphatic rings. The molecular weight excluding hydrogens is 737 g/mol. The van der Waals surface area contributed by atoms with Crippen molar-refractivity contribution in [1.82, 2.24) is 0 Å². The topological polar surface area (TPSA) is 16.4 Å². The van der Waals surface area contributed by atoms with E-state index in [9.17, 15) is 0 Å². The van der Waals surface area contributed by atoms with E-state index in [-0.39, 0.29) is 6.71 Å². The van der Waals surface area contributed by atoms with Crippen molar-refractivity contribution < 1.29 is 4.42 Å². The lowest BCUT2D eigenvalue weighted by Gasteiger charge is -2.30. The third kappa shape index (κ3) is 5.94. The normalized spacial score (nSPS) is 11.8. The third-order valence-electron chi connectivity index (χ3n) is 13.1. The van der Waals surface area contributed by atoms with Gasteiger partial charge >= 0.3 is 0 Å². The molecule has 1 aromatic heterocycles. The molecule has 0 saturated heterocycles. The highest BCUT2D eigenvalue weighted by atomic mass is 16.3. The van der Waals surface area contributed by atoms with Gasteiger partial charge in [0.05, 0.1) is 11.4 Å². The van der Waals surface area contributed by atoms with Crippen molar-refractivity contribution in [2.45, 2.75) is 41.5 Å². The van der Waals surface area contributed by atoms with Crippen LogP contribution in [-0.4, -0.2) is 6.71 Å². The Morgan fingerprint density at radius 1 is 0.410 bits per heavy atom. The van der Waals surface area contributed by atoms with Crippen molar-refractivity contribution in [3.05, 3.63) is 203 Å². The molecule has 11 aromatic rings. The monoisotopic (exact) mass is 783 g/mol. The van der Waals surface area contributed by atoms with E-state index in [1.807, 2.05) is 6.07 Å². The lowest BCUT2D eigenvalue weighted by Crippen LogP contribution is -2.56. The largest absolute Gasteiger partial charge is 0.456 e. The molecule has 0 amide bonds. The van der Waals surface area contributed by atoms with Crippen LogP contribution in [0, 0.1) is 41.5 Å². The third-order valence-corrected chi connectivity index (χ3v) is 13.1. The fourth-order valence-corrected chi connectivity index (χ4v) is 10.8. The zero-order chi connectivity index (χ0) is 41.5. The summed E-state index contributed by atoms with van der Waals surface area (Å²) in [5, 5.41) is 9.85. The van der Waals surface area contributed by atoms with Crippen LogP contribution >= 0.6 is 0 Å². The summed E-state index contributed by atoms with van der Waals surface area (Å²) in [4.78, 5) is 2.45. The molecular formula is C58H46BNO. The standard InChI is InChI=1S/C58H46BNO/c1-35-30-37(3)57(38(4)31-35)59(58-39(5)32-36(2)33-40(58)6)50-28-22-42-21-26-49-52(29-23-43-20-25-48(50)55(42)56(43)49)60(51-18-12-10-16-45(51)41-14-8-7-9-15-41)44-24-27-47-46-17-11-13-19-53(46)61-54(47)34-44/h7-34H,1-6H3. The number of rotatable bonds is 7. The first-order chi connectivity index (χ1) is 29.7. The Morgan fingerprint density at radius 2 is 0.951 bits per heavy atom. The van der Waals surface area contributed by atoms with Crippen molar-refractivity contribution in [3.63, 3.8) is 0 Å². The molecule has 2 nitrogen and oxygen atoms in total. The zero-order valence-electron chi connectivity index (χ0n) is 35.6. The first-order valence-electron chi connectivity index (χ1n) is 21.5. The summed E-state index contributed by atoms with van der Waals surface area (Å²) in [6.07, 6.45) is 0. The highest BCUT2D eigenvalue weighted by molar-refractivity contribution is 6.98. The average Bonchev–Trinajstić information content (AvgIpc) is 3.63. The van der Waals surface area contributed by atoms with Gasteiger partial charge in [0.15, 0.2) is 0 Å². The van der Waals surface area contributed by atoms with Crippen LogP contribution in [0.2, 0.25) is 0 Å². The summed E-state index contributed by atoms with van der Waals surface area (Å²) in [5.41, 5.74) is 19.5. The summed E-state index contributed by atoms with van der Waals surface area (Å²) in [6, 6.07) is 62.8. The van der Waals surface area contributed by atoms with Crippen LogP contribution < -0.4 is 21.3 Å². The minimum absolute atomic E-state index is 0.0648. The quantitative estimate of drug-likeness (QED) is 0.118. The number of hydrogen-bond donors (Lipinski definition) is 0. The first kappa shape index (κ1) is 36.9. The Labute approximate surface area is 358 Å². The van der Waals surface area contributed by atoms with Gasteiger partial charge in [-0.3, -0.25) is 0 Å². The number of nitrogens with zero attached hydrogens (tertiary/aromatic N) is 1. The van der Waals surface area contributed by atoms with Gasteiger partial charge in [0.25, 0.3) is 0 Å². The van der Waals surface area contributed by atoms with E-state index in [2.05, 4.69) is 210 Å². The highest BCUT2D eigenvalue weighted by Crippen LogP contribution is 2.47. The van der Waals surface area contributed by atoms with Gasteiger partial charge in [-0.05, 0) is 104 Å². The number of aryl methyl sites for hydroxylation is 6. The van der Waals surface area contributed by atoms with E-state index in [1.54, 1.807) is 0 Å². The van der Waals surface area contributed by atoms with Gasteiger partial charge in [0.2, 0.25) is 6.71 Å². The van der Waals surface area contributed by atoms with Gasteiger partial charge < -0.3 is 9.32 Å². The summed E-state index contributed by atoms with van der Waals surface area (Å²) < 4.78 is 6.54. The first-order valence-corrected chi connectivity index (χ1v) is 21.5. The molecule has 3 heteroatoms. The molecule has 0 spiro atoms. The molecule has 0 unspecified atom stereocenters. The van der Waals surface area contributed by atoms with Gasteiger partial charge in [-0.25, -0.2) is 0 Å². The van der Waals surface area contributed by atoms with Crippen molar-refractivity contribution in [2.75, 3.05) is 4.90 Å². The van der Waals surface area contributed by atoms with Gasteiger partial charge in [-0.1, -0.05) is 183 Å². The molecule has 1 heterocycles. The molecule has 0 fully saturated rings. The van der Waals surface area contributed by atoms with E-state index in [4.69, 9.17) is 4.42 Å². The van der Waals surface area contributed by atoms with Crippen LogP contribution in [0.5, 0.6) is 0 Å². The van der Waals surface area contributed by atoms with Gasteiger partial charge in [0.1, 0.15) is 11.2 Å². The Hall–Kier alpha value is -7.10. The number of benzene rings is 10. The predicted octanol–water partition coefficient (Wildman–Crippen LogP) is 14.0. The van der Waals surface area contributed by atoms with Gasteiger partial charge in [-0.15, -0.1) is 0 Å². The van der Waals surface area contributed by atoms with Crippen LogP contribution in [0.4, 0.5) is 17.1 Å². The second-order valence-corrected chi connectivity index (χ2v) is 17.2. The lowest BCUT2D eigenvalue weighted by molar-refractivity contribution is 0.669. The van der Waals surface area contributed by atoms with E-state index in [0.717, 1.165) is 44.6 Å². The van der Waals surface area contributed by atoms with Gasteiger partial charge in [-0.2, -0.15) is 0 Å². The molecule has 0 radical (unpaired) electrons. The number of furan rings is 1. The summed E-state index contributed by atoms with van der Waals surface area (Å²) in [6.45, 7) is 13.7. The maximum Gasteiger partial charge on any atom is 0.243 e. The van der Waals surface area contributed by atoms with E-state index >= 15 is 0 Å². The minimum atomic E-state index is 0.0648. The molecule has 0 saturated carbocycles. The number of anilines is 3. The Balaban J connectivity index is 1.20. The van der Waals surface area contributed by atoms with Gasteiger partial charge in [0, 0.05) is 33.5 Å². The number of para-hydroxylation sites is 2. The number of hydrogen-bond acceptors (Lipinski definition) is 2. The maximum absolute atomic E-state index is 6.54. The molecule has 10 aromatic carbocycles. The average molecular weight is 784 g/mol. The smallest absolute Gasteiger partial charge is 0.243 e. The van der Waals surface area contributed by atoms with Crippen LogP contribution in [-0.2, 0) is 0 Å². The molecule has 292 valence electrons. The van der Waals surface area contributed by atoms with E-state index in [1.165, 1.54) is 87.6 Å². The summed E-state index contributed by atoms with van der Waals surface area (Å²) in [7, 11) is 0. The van der Waals surface area contributed by atoms with Crippen LogP contribution in [0.25, 0.3) is 65.4 Å². The highest BCUT2D eigenvalue weighted by Gasteiger charge is 2.31. The fourth-order valence-electron chi connectivity index (χ4n) is 10.8. The van der Waals surface area contributed by atoms with E-state index in [0.29, 0.717) is 0 Å². The summed E-state index contributed by atoms with van der Waals surface area (Å²) in [5.74, 6) is 0. The molecule has 0 aliphatic heterocycles. The van der Waals surface area contributed by atoms with Crippen molar-refractivity contribution in [1.29, 1.82) is 0 Å². The Bertz CT molecular complexity index is 3400. The molecule has 11 rings (SSSR count). The number of fused-ring (bicyclic) bond motifs is 3. The fraction of sp³-hybridized carbons (Fsp3) is 0.103. The van der Waals surface area contributed by atoms with Crippen molar-refractivity contribution in [2.24, 2.45) is 0 Å². The summed E-state index contributed by atoms with van der Waals surface area (Å²) >= 11 is 0. The lowest BCUT2D eigenvalue weighted by atomic mass is 9.33. The molecule has 0 N–H and O–H groups in total. The molecule has 0 atom stereocenters. The molecule has 0 bridgehead atoms. The molecule has 61 heavy (non-hydrogen) atoms. The SMILES string of the molecule is Cc1cc(C)c(B(c2c(C)cc(C)cc2C)c2ccc3ccc4c(N(c5ccc6c(c5)oc5ccccc56)c5ccccc5-c5ccccc5)ccc5ccc2c3c54)c(C)c1. The van der Waals surface area contributed by atoms with E-state index < -0.39 is 0 Å². The Morgan fingerprint density at radius 3 is 1.66 bits per heavy atom. The molecule has 0 aliphatic carbocycles. The van der Waals surface area contributed by atoms with Crippen LogP contribution in [0.3, 0.4) is 0 Å². The Kier molecular flexibility index (Phi) is 8.65. The maximum atomic E-state index is 6.54. The van der Waals surface area contributed by atoms with Crippen LogP contribution in [0.15, 0.2) is 174 Å². The van der Waals surface area contributed by atoms with Crippen LogP contribution in [0.1, 0.15) is 33.4 Å². The minimum Gasteiger partial charge on any atom is -0.456 e.